The first-order chi connectivity index (χ1) is 8.08. The minimum atomic E-state index is 0.775. The second-order valence-corrected chi connectivity index (χ2v) is 5.25. The SMILES string of the molecule is Cc1ccc(Sc2nccc(C)c2N)c(C)c1. The summed E-state index contributed by atoms with van der Waals surface area (Å²) in [6.07, 6.45) is 1.80. The lowest BCUT2D eigenvalue weighted by atomic mass is 10.2. The van der Waals surface area contributed by atoms with Crippen LogP contribution in [0.4, 0.5) is 5.69 Å². The molecule has 0 atom stereocenters. The number of nitrogens with two attached hydrogens (primary N) is 1. The number of hydrogen-bond acceptors (Lipinski definition) is 3. The minimum absolute atomic E-state index is 0.775. The number of pyridine rings is 1. The maximum absolute atomic E-state index is 6.03. The van der Waals surface area contributed by atoms with Gasteiger partial charge >= 0.3 is 0 Å². The van der Waals surface area contributed by atoms with Gasteiger partial charge in [-0.25, -0.2) is 4.98 Å². The average molecular weight is 244 g/mol. The third-order valence-corrected chi connectivity index (χ3v) is 3.91. The summed E-state index contributed by atoms with van der Waals surface area (Å²) in [4.78, 5) is 5.54. The van der Waals surface area contributed by atoms with Gasteiger partial charge in [0, 0.05) is 11.1 Å². The molecule has 2 aromatic rings. The quantitative estimate of drug-likeness (QED) is 0.874. The second kappa shape index (κ2) is 4.80. The first kappa shape index (κ1) is 12.0. The minimum Gasteiger partial charge on any atom is -0.396 e. The number of nitrogens with zero attached hydrogens (tertiary/aromatic N) is 1. The number of anilines is 1. The van der Waals surface area contributed by atoms with Crippen LogP contribution in [-0.2, 0) is 0 Å². The van der Waals surface area contributed by atoms with Gasteiger partial charge in [-0.05, 0) is 44.0 Å². The van der Waals surface area contributed by atoms with Crippen molar-refractivity contribution in [2.75, 3.05) is 5.73 Å². The highest BCUT2D eigenvalue weighted by atomic mass is 32.2. The molecule has 3 heteroatoms. The zero-order valence-corrected chi connectivity index (χ0v) is 11.1. The normalized spacial score (nSPS) is 10.5. The summed E-state index contributed by atoms with van der Waals surface area (Å²) in [6, 6.07) is 8.34. The summed E-state index contributed by atoms with van der Waals surface area (Å²) >= 11 is 1.63. The smallest absolute Gasteiger partial charge is 0.124 e. The van der Waals surface area contributed by atoms with Gasteiger partial charge in [-0.2, -0.15) is 0 Å². The average Bonchev–Trinajstić information content (AvgIpc) is 2.28. The van der Waals surface area contributed by atoms with Crippen molar-refractivity contribution < 1.29 is 0 Å². The molecule has 1 heterocycles. The number of rotatable bonds is 2. The van der Waals surface area contributed by atoms with Crippen molar-refractivity contribution in [3.8, 4) is 0 Å². The summed E-state index contributed by atoms with van der Waals surface area (Å²) in [5.41, 5.74) is 10.4. The predicted molar refractivity (Wildman–Crippen MR) is 73.4 cm³/mol. The second-order valence-electron chi connectivity index (χ2n) is 4.22. The van der Waals surface area contributed by atoms with Gasteiger partial charge in [-0.15, -0.1) is 0 Å². The summed E-state index contributed by atoms with van der Waals surface area (Å²) in [5.74, 6) is 0. The zero-order valence-electron chi connectivity index (χ0n) is 10.3. The molecule has 0 aliphatic carbocycles. The molecule has 2 nitrogen and oxygen atoms in total. The maximum Gasteiger partial charge on any atom is 0.124 e. The molecule has 17 heavy (non-hydrogen) atoms. The lowest BCUT2D eigenvalue weighted by Gasteiger charge is -2.09. The Hall–Kier alpha value is -1.48. The van der Waals surface area contributed by atoms with Gasteiger partial charge in [-0.3, -0.25) is 0 Å². The van der Waals surface area contributed by atoms with Crippen molar-refractivity contribution in [1.29, 1.82) is 0 Å². The molecule has 1 aromatic carbocycles. The summed E-state index contributed by atoms with van der Waals surface area (Å²) in [5, 5.41) is 0.886. The fourth-order valence-electron chi connectivity index (χ4n) is 1.64. The molecule has 0 radical (unpaired) electrons. The molecule has 0 aliphatic rings. The number of nitrogen functional groups attached to an aromatic ring is 1. The van der Waals surface area contributed by atoms with Crippen LogP contribution in [-0.4, -0.2) is 4.98 Å². The van der Waals surface area contributed by atoms with E-state index in [0.717, 1.165) is 16.3 Å². The van der Waals surface area contributed by atoms with Gasteiger partial charge in [0.1, 0.15) is 5.03 Å². The lowest BCUT2D eigenvalue weighted by molar-refractivity contribution is 1.12. The Balaban J connectivity index is 2.35. The van der Waals surface area contributed by atoms with Crippen LogP contribution in [0.25, 0.3) is 0 Å². The van der Waals surface area contributed by atoms with Crippen LogP contribution in [0.3, 0.4) is 0 Å². The van der Waals surface area contributed by atoms with Crippen LogP contribution in [0.1, 0.15) is 16.7 Å². The Morgan fingerprint density at radius 2 is 1.82 bits per heavy atom. The van der Waals surface area contributed by atoms with Crippen LogP contribution in [0.15, 0.2) is 40.4 Å². The molecule has 0 aliphatic heterocycles. The zero-order chi connectivity index (χ0) is 12.4. The van der Waals surface area contributed by atoms with Gasteiger partial charge in [0.2, 0.25) is 0 Å². The van der Waals surface area contributed by atoms with E-state index in [1.54, 1.807) is 18.0 Å². The predicted octanol–water partition coefficient (Wildman–Crippen LogP) is 3.74. The third-order valence-electron chi connectivity index (χ3n) is 2.71. The van der Waals surface area contributed by atoms with E-state index in [2.05, 4.69) is 37.0 Å². The van der Waals surface area contributed by atoms with Crippen molar-refractivity contribution in [1.82, 2.24) is 4.98 Å². The highest BCUT2D eigenvalue weighted by Crippen LogP contribution is 2.33. The Labute approximate surface area is 106 Å². The van der Waals surface area contributed by atoms with E-state index in [1.807, 2.05) is 13.0 Å². The topological polar surface area (TPSA) is 38.9 Å². The van der Waals surface area contributed by atoms with E-state index in [9.17, 15) is 0 Å². The van der Waals surface area contributed by atoms with E-state index in [4.69, 9.17) is 5.73 Å². The molecule has 2 N–H and O–H groups in total. The highest BCUT2D eigenvalue weighted by molar-refractivity contribution is 7.99. The Morgan fingerprint density at radius 1 is 1.06 bits per heavy atom. The molecular weight excluding hydrogens is 228 g/mol. The van der Waals surface area contributed by atoms with Crippen molar-refractivity contribution in [3.63, 3.8) is 0 Å². The van der Waals surface area contributed by atoms with Gasteiger partial charge in [-0.1, -0.05) is 29.5 Å². The summed E-state index contributed by atoms with van der Waals surface area (Å²) < 4.78 is 0. The molecule has 2 rings (SSSR count). The van der Waals surface area contributed by atoms with E-state index >= 15 is 0 Å². The number of aryl methyl sites for hydroxylation is 3. The van der Waals surface area contributed by atoms with E-state index < -0.39 is 0 Å². The van der Waals surface area contributed by atoms with Crippen LogP contribution >= 0.6 is 11.8 Å². The molecule has 88 valence electrons. The molecule has 0 bridgehead atoms. The van der Waals surface area contributed by atoms with Gasteiger partial charge in [0.05, 0.1) is 5.69 Å². The first-order valence-corrected chi connectivity index (χ1v) is 6.36. The maximum atomic E-state index is 6.03. The first-order valence-electron chi connectivity index (χ1n) is 5.54. The van der Waals surface area contributed by atoms with Gasteiger partial charge in [0.15, 0.2) is 0 Å². The van der Waals surface area contributed by atoms with E-state index in [-0.39, 0.29) is 0 Å². The van der Waals surface area contributed by atoms with Gasteiger partial charge in [0.25, 0.3) is 0 Å². The molecule has 0 amide bonds. The van der Waals surface area contributed by atoms with Crippen molar-refractivity contribution >= 4 is 17.4 Å². The fourth-order valence-corrected chi connectivity index (χ4v) is 2.59. The van der Waals surface area contributed by atoms with Crippen LogP contribution < -0.4 is 5.73 Å². The Morgan fingerprint density at radius 3 is 2.53 bits per heavy atom. The Kier molecular flexibility index (Phi) is 3.38. The summed E-state index contributed by atoms with van der Waals surface area (Å²) in [7, 11) is 0. The number of aromatic nitrogens is 1. The molecule has 0 unspecified atom stereocenters. The van der Waals surface area contributed by atoms with Crippen molar-refractivity contribution in [3.05, 3.63) is 47.2 Å². The third kappa shape index (κ3) is 2.61. The van der Waals surface area contributed by atoms with Crippen LogP contribution in [0, 0.1) is 20.8 Å². The number of benzene rings is 1. The Bertz CT molecular complexity index is 550. The molecule has 0 spiro atoms. The molecule has 1 aromatic heterocycles. The summed E-state index contributed by atoms with van der Waals surface area (Å²) in [6.45, 7) is 6.21. The highest BCUT2D eigenvalue weighted by Gasteiger charge is 2.07. The number of hydrogen-bond donors (Lipinski definition) is 1. The standard InChI is InChI=1S/C14H16N2S/c1-9-4-5-12(11(3)8-9)17-14-13(15)10(2)6-7-16-14/h4-8H,15H2,1-3H3. The van der Waals surface area contributed by atoms with E-state index in [0.29, 0.717) is 0 Å². The van der Waals surface area contributed by atoms with Crippen LogP contribution in [0.2, 0.25) is 0 Å². The van der Waals surface area contributed by atoms with Crippen molar-refractivity contribution in [2.45, 2.75) is 30.7 Å². The lowest BCUT2D eigenvalue weighted by Crippen LogP contribution is -1.95. The van der Waals surface area contributed by atoms with Gasteiger partial charge < -0.3 is 5.73 Å². The molecule has 0 saturated carbocycles. The monoisotopic (exact) mass is 244 g/mol. The fraction of sp³-hybridized carbons (Fsp3) is 0.214. The van der Waals surface area contributed by atoms with Crippen molar-refractivity contribution in [2.24, 2.45) is 0 Å². The molecule has 0 saturated heterocycles. The molecule has 0 fully saturated rings. The van der Waals surface area contributed by atoms with E-state index in [1.165, 1.54) is 16.0 Å². The molecular formula is C14H16N2S. The largest absolute Gasteiger partial charge is 0.396 e. The van der Waals surface area contributed by atoms with Crippen LogP contribution in [0.5, 0.6) is 0 Å².